The van der Waals surface area contributed by atoms with Crippen molar-refractivity contribution >= 4 is 57.7 Å². The smallest absolute Gasteiger partial charge is 0.262 e. The molecule has 0 saturated heterocycles. The van der Waals surface area contributed by atoms with Crippen molar-refractivity contribution in [1.82, 2.24) is 14.7 Å². The van der Waals surface area contributed by atoms with Crippen LogP contribution in [0.5, 0.6) is 0 Å². The molecule has 0 aliphatic rings. The van der Waals surface area contributed by atoms with Crippen LogP contribution >= 0.6 is 35.0 Å². The van der Waals surface area contributed by atoms with Crippen LogP contribution < -0.4 is 10.9 Å². The summed E-state index contributed by atoms with van der Waals surface area (Å²) in [4.78, 5) is 30.1. The number of aryl methyl sites for hydroxylation is 2. The van der Waals surface area contributed by atoms with Gasteiger partial charge >= 0.3 is 0 Å². The van der Waals surface area contributed by atoms with Gasteiger partial charge in [-0.05, 0) is 43.2 Å². The minimum Gasteiger partial charge on any atom is -0.338 e. The van der Waals surface area contributed by atoms with Crippen LogP contribution in [-0.4, -0.2) is 26.4 Å². The van der Waals surface area contributed by atoms with Crippen LogP contribution in [0.2, 0.25) is 10.0 Å². The molecule has 7 nitrogen and oxygen atoms in total. The van der Waals surface area contributed by atoms with Crippen LogP contribution in [0, 0.1) is 6.92 Å². The Morgan fingerprint density at radius 3 is 2.75 bits per heavy atom. The number of nitrogens with zero attached hydrogens (tertiary/aromatic N) is 3. The SMILES string of the molecule is Cc1cc(NC(=O)CSc2nc3ccccc3c(=O)n2CCc2ccc(Cl)cc2Cl)on1. The van der Waals surface area contributed by atoms with E-state index in [1.807, 2.05) is 12.1 Å². The first-order chi connectivity index (χ1) is 15.4. The van der Waals surface area contributed by atoms with Gasteiger partial charge in [-0.15, -0.1) is 0 Å². The number of nitrogens with one attached hydrogen (secondary N) is 1. The van der Waals surface area contributed by atoms with Gasteiger partial charge in [0.05, 0.1) is 22.3 Å². The standard InChI is InChI=1S/C22H18Cl2N4O3S/c1-13-10-20(31-27-13)26-19(29)12-32-22-25-18-5-3-2-4-16(18)21(30)28(22)9-8-14-6-7-15(23)11-17(14)24/h2-7,10-11H,8-9,12H2,1H3,(H,26,29). The van der Waals surface area contributed by atoms with E-state index >= 15 is 0 Å². The summed E-state index contributed by atoms with van der Waals surface area (Å²) in [6, 6.07) is 14.0. The number of halogens is 2. The number of aromatic nitrogens is 3. The predicted octanol–water partition coefficient (Wildman–Crippen LogP) is 4.97. The van der Waals surface area contributed by atoms with E-state index in [0.29, 0.717) is 44.8 Å². The molecule has 164 valence electrons. The molecule has 0 aliphatic carbocycles. The molecule has 0 saturated carbocycles. The summed E-state index contributed by atoms with van der Waals surface area (Å²) < 4.78 is 6.58. The second-order valence-electron chi connectivity index (χ2n) is 7.02. The fourth-order valence-corrected chi connectivity index (χ4v) is 4.47. The Balaban J connectivity index is 1.58. The van der Waals surface area contributed by atoms with Crippen molar-refractivity contribution in [3.63, 3.8) is 0 Å². The van der Waals surface area contributed by atoms with E-state index in [4.69, 9.17) is 27.7 Å². The van der Waals surface area contributed by atoms with E-state index in [9.17, 15) is 9.59 Å². The van der Waals surface area contributed by atoms with Gasteiger partial charge < -0.3 is 4.52 Å². The highest BCUT2D eigenvalue weighted by Gasteiger charge is 2.15. The molecule has 4 aromatic rings. The van der Waals surface area contributed by atoms with Gasteiger partial charge in [-0.1, -0.05) is 58.3 Å². The quantitative estimate of drug-likeness (QED) is 0.291. The average molecular weight is 489 g/mol. The zero-order chi connectivity index (χ0) is 22.7. The van der Waals surface area contributed by atoms with Crippen molar-refractivity contribution in [2.24, 2.45) is 0 Å². The van der Waals surface area contributed by atoms with Crippen LogP contribution in [0.3, 0.4) is 0 Å². The Hall–Kier alpha value is -2.81. The number of anilines is 1. The first kappa shape index (κ1) is 22.4. The van der Waals surface area contributed by atoms with Crippen molar-refractivity contribution in [1.29, 1.82) is 0 Å². The lowest BCUT2D eigenvalue weighted by Crippen LogP contribution is -2.25. The number of benzene rings is 2. The summed E-state index contributed by atoms with van der Waals surface area (Å²) in [7, 11) is 0. The van der Waals surface area contributed by atoms with Gasteiger partial charge in [0.1, 0.15) is 0 Å². The molecule has 0 aliphatic heterocycles. The number of carbonyl (C=O) groups excluding carboxylic acids is 1. The third-order valence-corrected chi connectivity index (χ3v) is 6.23. The molecule has 2 aromatic carbocycles. The average Bonchev–Trinajstić information content (AvgIpc) is 3.17. The van der Waals surface area contributed by atoms with E-state index in [2.05, 4.69) is 15.5 Å². The highest BCUT2D eigenvalue weighted by atomic mass is 35.5. The lowest BCUT2D eigenvalue weighted by Gasteiger charge is -2.13. The number of hydrogen-bond acceptors (Lipinski definition) is 6. The molecule has 1 amide bonds. The number of hydrogen-bond donors (Lipinski definition) is 1. The number of rotatable bonds is 7. The first-order valence-corrected chi connectivity index (χ1v) is 11.4. The minimum atomic E-state index is -0.291. The van der Waals surface area contributed by atoms with Crippen LogP contribution in [0.25, 0.3) is 10.9 Å². The van der Waals surface area contributed by atoms with Gasteiger partial charge in [0.2, 0.25) is 11.8 Å². The fraction of sp³-hybridized carbons (Fsp3) is 0.182. The van der Waals surface area contributed by atoms with Crippen LogP contribution in [0.4, 0.5) is 5.88 Å². The van der Waals surface area contributed by atoms with Gasteiger partial charge in [0, 0.05) is 22.7 Å². The Kier molecular flexibility index (Phi) is 6.83. The Bertz CT molecular complexity index is 1350. The molecule has 32 heavy (non-hydrogen) atoms. The van der Waals surface area contributed by atoms with Crippen molar-refractivity contribution in [2.45, 2.75) is 25.0 Å². The number of thioether (sulfide) groups is 1. The van der Waals surface area contributed by atoms with Gasteiger partial charge in [0.15, 0.2) is 5.16 Å². The molecule has 0 fully saturated rings. The summed E-state index contributed by atoms with van der Waals surface area (Å²) in [5, 5.41) is 8.43. The Labute approximate surface area is 197 Å². The van der Waals surface area contributed by atoms with Gasteiger partial charge in [-0.3, -0.25) is 19.5 Å². The van der Waals surface area contributed by atoms with Gasteiger partial charge in [0.25, 0.3) is 5.56 Å². The Morgan fingerprint density at radius 1 is 1.19 bits per heavy atom. The zero-order valence-electron chi connectivity index (χ0n) is 17.0. The minimum absolute atomic E-state index is 0.0478. The lowest BCUT2D eigenvalue weighted by molar-refractivity contribution is -0.113. The number of para-hydroxylation sites is 1. The van der Waals surface area contributed by atoms with Gasteiger partial charge in [-0.2, -0.15) is 0 Å². The molecule has 0 atom stereocenters. The maximum atomic E-state index is 13.2. The molecule has 4 rings (SSSR count). The topological polar surface area (TPSA) is 90.0 Å². The highest BCUT2D eigenvalue weighted by Crippen LogP contribution is 2.23. The molecule has 0 unspecified atom stereocenters. The monoisotopic (exact) mass is 488 g/mol. The zero-order valence-corrected chi connectivity index (χ0v) is 19.3. The largest absolute Gasteiger partial charge is 0.338 e. The third kappa shape index (κ3) is 5.15. The van der Waals surface area contributed by atoms with E-state index in [1.165, 1.54) is 11.8 Å². The van der Waals surface area contributed by atoms with Gasteiger partial charge in [-0.25, -0.2) is 4.98 Å². The summed E-state index contributed by atoms with van der Waals surface area (Å²) in [6.45, 7) is 2.11. The molecule has 0 radical (unpaired) electrons. The summed E-state index contributed by atoms with van der Waals surface area (Å²) in [5.41, 5.74) is 1.94. The van der Waals surface area contributed by atoms with Crippen LogP contribution in [0.15, 0.2) is 63.0 Å². The van der Waals surface area contributed by atoms with E-state index in [0.717, 1.165) is 5.56 Å². The number of amides is 1. The molecule has 2 aromatic heterocycles. The Morgan fingerprint density at radius 2 is 2.00 bits per heavy atom. The van der Waals surface area contributed by atoms with E-state index in [-0.39, 0.29) is 23.1 Å². The third-order valence-electron chi connectivity index (χ3n) is 4.67. The van der Waals surface area contributed by atoms with Crippen LogP contribution in [0.1, 0.15) is 11.3 Å². The van der Waals surface area contributed by atoms with Crippen LogP contribution in [-0.2, 0) is 17.8 Å². The molecule has 0 spiro atoms. The maximum absolute atomic E-state index is 13.2. The van der Waals surface area contributed by atoms with E-state index < -0.39 is 0 Å². The molecule has 10 heteroatoms. The molecule has 0 bridgehead atoms. The van der Waals surface area contributed by atoms with Crippen molar-refractivity contribution in [3.8, 4) is 0 Å². The summed E-state index contributed by atoms with van der Waals surface area (Å²) >= 11 is 13.4. The highest BCUT2D eigenvalue weighted by molar-refractivity contribution is 7.99. The lowest BCUT2D eigenvalue weighted by atomic mass is 10.1. The van der Waals surface area contributed by atoms with Crippen molar-refractivity contribution in [2.75, 3.05) is 11.1 Å². The van der Waals surface area contributed by atoms with Crippen molar-refractivity contribution in [3.05, 3.63) is 80.2 Å². The molecular formula is C22H18Cl2N4O3S. The van der Waals surface area contributed by atoms with E-state index in [1.54, 1.807) is 47.9 Å². The maximum Gasteiger partial charge on any atom is 0.262 e. The molecule has 2 heterocycles. The first-order valence-electron chi connectivity index (χ1n) is 9.70. The molecule has 1 N–H and O–H groups in total. The predicted molar refractivity (Wildman–Crippen MR) is 127 cm³/mol. The number of carbonyl (C=O) groups is 1. The van der Waals surface area contributed by atoms with Crippen molar-refractivity contribution < 1.29 is 9.32 Å². The second-order valence-corrected chi connectivity index (χ2v) is 8.81. The summed E-state index contributed by atoms with van der Waals surface area (Å²) in [5.74, 6) is 0.0295. The fourth-order valence-electron chi connectivity index (χ4n) is 3.14. The normalized spacial score (nSPS) is 11.1. The second kappa shape index (κ2) is 9.77. The molecular weight excluding hydrogens is 471 g/mol. The number of fused-ring (bicyclic) bond motifs is 1. The summed E-state index contributed by atoms with van der Waals surface area (Å²) in [6.07, 6.45) is 0.507.